The van der Waals surface area contributed by atoms with Gasteiger partial charge in [0.15, 0.2) is 0 Å². The SMILES string of the molecule is Oc1cc(OC(F)(F)F)cc(-c2ccc(F)c(Cl)c2)c1. The maximum Gasteiger partial charge on any atom is 0.573 e. The predicted molar refractivity (Wildman–Crippen MR) is 65.2 cm³/mol. The maximum atomic E-state index is 13.0. The molecular weight excluding hydrogens is 300 g/mol. The van der Waals surface area contributed by atoms with E-state index in [1.165, 1.54) is 18.2 Å². The second-order valence-corrected chi connectivity index (χ2v) is 4.30. The van der Waals surface area contributed by atoms with Crippen molar-refractivity contribution in [1.82, 2.24) is 0 Å². The summed E-state index contributed by atoms with van der Waals surface area (Å²) in [5, 5.41) is 9.24. The fourth-order valence-corrected chi connectivity index (χ4v) is 1.80. The number of hydrogen-bond acceptors (Lipinski definition) is 2. The first-order chi connectivity index (χ1) is 9.24. The van der Waals surface area contributed by atoms with Gasteiger partial charge >= 0.3 is 6.36 Å². The van der Waals surface area contributed by atoms with Crippen molar-refractivity contribution in [2.24, 2.45) is 0 Å². The Morgan fingerprint density at radius 2 is 1.70 bits per heavy atom. The van der Waals surface area contributed by atoms with Gasteiger partial charge in [-0.05, 0) is 35.4 Å². The third kappa shape index (κ3) is 3.54. The minimum absolute atomic E-state index is 0.177. The number of phenols is 1. The van der Waals surface area contributed by atoms with Gasteiger partial charge in [0.25, 0.3) is 0 Å². The molecule has 2 aromatic carbocycles. The van der Waals surface area contributed by atoms with Crippen LogP contribution in [0.2, 0.25) is 5.02 Å². The molecule has 0 fully saturated rings. The third-order valence-electron chi connectivity index (χ3n) is 2.38. The van der Waals surface area contributed by atoms with E-state index in [4.69, 9.17) is 11.6 Å². The average molecular weight is 307 g/mol. The highest BCUT2D eigenvalue weighted by Gasteiger charge is 2.31. The van der Waals surface area contributed by atoms with Gasteiger partial charge in [-0.2, -0.15) is 0 Å². The molecule has 0 unspecified atom stereocenters. The van der Waals surface area contributed by atoms with Crippen LogP contribution in [0.25, 0.3) is 11.1 Å². The Balaban J connectivity index is 2.43. The quantitative estimate of drug-likeness (QED) is 0.811. The molecule has 0 aliphatic heterocycles. The minimum Gasteiger partial charge on any atom is -0.508 e. The molecule has 0 radical (unpaired) electrons. The first-order valence-corrected chi connectivity index (χ1v) is 5.67. The van der Waals surface area contributed by atoms with Crippen LogP contribution < -0.4 is 4.74 Å². The highest BCUT2D eigenvalue weighted by molar-refractivity contribution is 6.31. The fraction of sp³-hybridized carbons (Fsp3) is 0.0769. The van der Waals surface area contributed by atoms with E-state index in [1.54, 1.807) is 0 Å². The predicted octanol–water partition coefficient (Wildman–Crippen LogP) is 4.75. The topological polar surface area (TPSA) is 29.5 Å². The van der Waals surface area contributed by atoms with Gasteiger partial charge in [0.1, 0.15) is 17.3 Å². The molecule has 0 saturated heterocycles. The molecule has 0 aliphatic rings. The molecule has 0 atom stereocenters. The van der Waals surface area contributed by atoms with Crippen molar-refractivity contribution in [2.75, 3.05) is 0 Å². The zero-order chi connectivity index (χ0) is 14.9. The summed E-state index contributed by atoms with van der Waals surface area (Å²) < 4.78 is 53.2. The van der Waals surface area contributed by atoms with E-state index in [0.29, 0.717) is 5.56 Å². The smallest absolute Gasteiger partial charge is 0.508 e. The van der Waals surface area contributed by atoms with Gasteiger partial charge in [-0.1, -0.05) is 17.7 Å². The van der Waals surface area contributed by atoms with Crippen molar-refractivity contribution >= 4 is 11.6 Å². The highest BCUT2D eigenvalue weighted by atomic mass is 35.5. The van der Waals surface area contributed by atoms with Crippen LogP contribution >= 0.6 is 11.6 Å². The lowest BCUT2D eigenvalue weighted by molar-refractivity contribution is -0.274. The number of alkyl halides is 3. The molecule has 0 aromatic heterocycles. The summed E-state index contributed by atoms with van der Waals surface area (Å²) in [6.07, 6.45) is -4.87. The van der Waals surface area contributed by atoms with Crippen molar-refractivity contribution in [3.63, 3.8) is 0 Å². The van der Waals surface area contributed by atoms with Gasteiger partial charge in [0.05, 0.1) is 5.02 Å². The monoisotopic (exact) mass is 306 g/mol. The number of aromatic hydroxyl groups is 1. The summed E-state index contributed by atoms with van der Waals surface area (Å²) in [6.45, 7) is 0. The minimum atomic E-state index is -4.87. The van der Waals surface area contributed by atoms with E-state index in [9.17, 15) is 22.7 Å². The van der Waals surface area contributed by atoms with Crippen molar-refractivity contribution < 1.29 is 27.4 Å². The van der Waals surface area contributed by atoms with Crippen molar-refractivity contribution in [1.29, 1.82) is 0 Å². The van der Waals surface area contributed by atoms with E-state index < -0.39 is 23.7 Å². The Labute approximate surface area is 116 Å². The molecule has 2 rings (SSSR count). The van der Waals surface area contributed by atoms with E-state index in [2.05, 4.69) is 4.74 Å². The first kappa shape index (κ1) is 14.5. The summed E-state index contributed by atoms with van der Waals surface area (Å²) in [5.74, 6) is -1.64. The molecule has 1 N–H and O–H groups in total. The molecular formula is C13H7ClF4O2. The van der Waals surface area contributed by atoms with Crippen LogP contribution in [0.4, 0.5) is 17.6 Å². The lowest BCUT2D eigenvalue weighted by Crippen LogP contribution is -2.17. The van der Waals surface area contributed by atoms with Crippen LogP contribution in [0.1, 0.15) is 0 Å². The van der Waals surface area contributed by atoms with Crippen LogP contribution in [-0.2, 0) is 0 Å². The van der Waals surface area contributed by atoms with Gasteiger partial charge in [0, 0.05) is 6.07 Å². The second-order valence-electron chi connectivity index (χ2n) is 3.89. The molecule has 0 bridgehead atoms. The largest absolute Gasteiger partial charge is 0.573 e. The Morgan fingerprint density at radius 1 is 1.00 bits per heavy atom. The van der Waals surface area contributed by atoms with E-state index in [0.717, 1.165) is 18.2 Å². The first-order valence-electron chi connectivity index (χ1n) is 5.30. The molecule has 2 nitrogen and oxygen atoms in total. The van der Waals surface area contributed by atoms with Gasteiger partial charge in [-0.15, -0.1) is 13.2 Å². The zero-order valence-corrected chi connectivity index (χ0v) is 10.5. The summed E-state index contributed by atoms with van der Waals surface area (Å²) >= 11 is 5.60. The van der Waals surface area contributed by atoms with E-state index >= 15 is 0 Å². The van der Waals surface area contributed by atoms with E-state index in [-0.39, 0.29) is 10.6 Å². The van der Waals surface area contributed by atoms with Crippen molar-refractivity contribution in [3.8, 4) is 22.6 Å². The maximum absolute atomic E-state index is 13.0. The Hall–Kier alpha value is -1.95. The number of ether oxygens (including phenoxy) is 1. The van der Waals surface area contributed by atoms with E-state index in [1.807, 2.05) is 0 Å². The van der Waals surface area contributed by atoms with Gasteiger partial charge in [0.2, 0.25) is 0 Å². The number of phenolic OH excluding ortho intramolecular Hbond substituents is 1. The lowest BCUT2D eigenvalue weighted by atomic mass is 10.1. The summed E-state index contributed by atoms with van der Waals surface area (Å²) in [6, 6.07) is 6.74. The second kappa shape index (κ2) is 5.20. The molecule has 0 aliphatic carbocycles. The highest BCUT2D eigenvalue weighted by Crippen LogP contribution is 2.33. The van der Waals surface area contributed by atoms with Crippen LogP contribution in [0.15, 0.2) is 36.4 Å². The molecule has 0 amide bonds. The van der Waals surface area contributed by atoms with Crippen molar-refractivity contribution in [3.05, 3.63) is 47.2 Å². The molecule has 106 valence electrons. The Morgan fingerprint density at radius 3 is 2.30 bits per heavy atom. The molecule has 0 heterocycles. The van der Waals surface area contributed by atoms with Gasteiger partial charge in [-0.25, -0.2) is 4.39 Å². The van der Waals surface area contributed by atoms with Crippen LogP contribution in [0.3, 0.4) is 0 Å². The fourth-order valence-electron chi connectivity index (χ4n) is 1.62. The third-order valence-corrected chi connectivity index (χ3v) is 2.67. The normalized spacial score (nSPS) is 11.4. The molecule has 0 saturated carbocycles. The molecule has 7 heteroatoms. The number of hydrogen-bond donors (Lipinski definition) is 1. The summed E-state index contributed by atoms with van der Waals surface area (Å²) in [4.78, 5) is 0. The number of rotatable bonds is 2. The Kier molecular flexibility index (Phi) is 3.76. The van der Waals surface area contributed by atoms with Crippen LogP contribution in [0, 0.1) is 5.82 Å². The average Bonchev–Trinajstić information content (AvgIpc) is 2.29. The van der Waals surface area contributed by atoms with Crippen LogP contribution in [-0.4, -0.2) is 11.5 Å². The van der Waals surface area contributed by atoms with Crippen LogP contribution in [0.5, 0.6) is 11.5 Å². The van der Waals surface area contributed by atoms with Gasteiger partial charge in [-0.3, -0.25) is 0 Å². The lowest BCUT2D eigenvalue weighted by Gasteiger charge is -2.11. The molecule has 2 aromatic rings. The van der Waals surface area contributed by atoms with Crippen molar-refractivity contribution in [2.45, 2.75) is 6.36 Å². The summed E-state index contributed by atoms with van der Waals surface area (Å²) in [5.41, 5.74) is 0.561. The zero-order valence-electron chi connectivity index (χ0n) is 9.71. The number of benzene rings is 2. The van der Waals surface area contributed by atoms with Gasteiger partial charge < -0.3 is 9.84 Å². The molecule has 20 heavy (non-hydrogen) atoms. The standard InChI is InChI=1S/C13H7ClF4O2/c14-11-5-7(1-2-12(11)15)8-3-9(19)6-10(4-8)20-13(16,17)18/h1-6,19H. The molecule has 0 spiro atoms. The number of halogens is 5. The summed E-state index contributed by atoms with van der Waals surface area (Å²) in [7, 11) is 0. The Bertz CT molecular complexity index is 641.